The monoisotopic (exact) mass is 254 g/mol. The van der Waals surface area contributed by atoms with E-state index < -0.39 is 0 Å². The summed E-state index contributed by atoms with van der Waals surface area (Å²) in [6.07, 6.45) is 0. The highest BCUT2D eigenvalue weighted by Crippen LogP contribution is 2.28. The lowest BCUT2D eigenvalue weighted by Gasteiger charge is -2.35. The Bertz CT molecular complexity index is 403. The first kappa shape index (κ1) is 12.0. The Morgan fingerprint density at radius 2 is 1.88 bits per heavy atom. The molecule has 92 valence electrons. The van der Waals surface area contributed by atoms with Crippen molar-refractivity contribution in [2.75, 3.05) is 38.2 Å². The molecule has 0 aliphatic carbocycles. The summed E-state index contributed by atoms with van der Waals surface area (Å²) in [5, 5.41) is -0.371. The quantitative estimate of drug-likeness (QED) is 0.599. The summed E-state index contributed by atoms with van der Waals surface area (Å²) in [6.45, 7) is 2.86. The van der Waals surface area contributed by atoms with Crippen molar-refractivity contribution in [2.45, 2.75) is 0 Å². The number of hydrogen-bond donors (Lipinski definition) is 0. The molecule has 1 aromatic rings. The molecule has 17 heavy (non-hydrogen) atoms. The predicted octanol–water partition coefficient (Wildman–Crippen LogP) is 2.18. The molecule has 1 fully saturated rings. The van der Waals surface area contributed by atoms with E-state index in [2.05, 4.69) is 4.90 Å². The first-order valence-electron chi connectivity index (χ1n) is 5.54. The number of methoxy groups -OCH3 is 1. The molecule has 0 spiro atoms. The summed E-state index contributed by atoms with van der Waals surface area (Å²) in [5.41, 5.74) is 1.07. The van der Waals surface area contributed by atoms with E-state index in [0.29, 0.717) is 13.1 Å². The van der Waals surface area contributed by atoms with Crippen molar-refractivity contribution in [3.05, 3.63) is 24.3 Å². The Morgan fingerprint density at radius 3 is 2.47 bits per heavy atom. The number of carbonyl (C=O) groups excluding carboxylic acids is 1. The van der Waals surface area contributed by atoms with Crippen LogP contribution in [0.5, 0.6) is 5.75 Å². The van der Waals surface area contributed by atoms with Crippen LogP contribution in [-0.2, 0) is 0 Å². The van der Waals surface area contributed by atoms with Gasteiger partial charge >= 0.3 is 5.37 Å². The largest absolute Gasteiger partial charge is 0.495 e. The minimum absolute atomic E-state index is 0.371. The fourth-order valence-corrected chi connectivity index (χ4v) is 2.18. The summed E-state index contributed by atoms with van der Waals surface area (Å²) in [4.78, 5) is 14.9. The first-order valence-corrected chi connectivity index (χ1v) is 5.92. The number of hydrogen-bond acceptors (Lipinski definition) is 3. The molecule has 2 rings (SSSR count). The van der Waals surface area contributed by atoms with Crippen LogP contribution in [0.3, 0.4) is 0 Å². The second-order valence-electron chi connectivity index (χ2n) is 3.90. The second-order valence-corrected chi connectivity index (χ2v) is 4.22. The molecule has 0 N–H and O–H groups in total. The van der Waals surface area contributed by atoms with Gasteiger partial charge in [0.25, 0.3) is 0 Å². The van der Waals surface area contributed by atoms with Crippen LogP contribution in [0, 0.1) is 0 Å². The van der Waals surface area contributed by atoms with E-state index in [0.717, 1.165) is 24.5 Å². The van der Waals surface area contributed by atoms with E-state index in [-0.39, 0.29) is 5.37 Å². The molecule has 1 saturated heterocycles. The van der Waals surface area contributed by atoms with Gasteiger partial charge < -0.3 is 14.5 Å². The number of para-hydroxylation sites is 2. The highest BCUT2D eigenvalue weighted by Gasteiger charge is 2.21. The predicted molar refractivity (Wildman–Crippen MR) is 68.0 cm³/mol. The standard InChI is InChI=1S/C12H15ClN2O2/c1-17-11-5-3-2-4-10(11)14-6-8-15(9-7-14)12(13)16/h2-5H,6-9H2,1H3. The van der Waals surface area contributed by atoms with E-state index in [1.165, 1.54) is 0 Å². The molecule has 4 nitrogen and oxygen atoms in total. The van der Waals surface area contributed by atoms with Gasteiger partial charge in [-0.05, 0) is 23.7 Å². The maximum atomic E-state index is 11.0. The number of amides is 1. The summed E-state index contributed by atoms with van der Waals surface area (Å²) in [6, 6.07) is 7.89. The smallest absolute Gasteiger partial charge is 0.316 e. The minimum atomic E-state index is -0.371. The normalized spacial score (nSPS) is 15.9. The third-order valence-corrected chi connectivity index (χ3v) is 3.19. The van der Waals surface area contributed by atoms with Crippen molar-refractivity contribution in [1.29, 1.82) is 0 Å². The topological polar surface area (TPSA) is 32.8 Å². The molecule has 5 heteroatoms. The zero-order chi connectivity index (χ0) is 12.3. The zero-order valence-electron chi connectivity index (χ0n) is 9.73. The lowest BCUT2D eigenvalue weighted by atomic mass is 10.2. The van der Waals surface area contributed by atoms with Crippen molar-refractivity contribution in [2.24, 2.45) is 0 Å². The Labute approximate surface area is 106 Å². The van der Waals surface area contributed by atoms with Crippen LogP contribution in [0.1, 0.15) is 0 Å². The number of ether oxygens (including phenoxy) is 1. The second kappa shape index (κ2) is 5.27. The van der Waals surface area contributed by atoms with Gasteiger partial charge in [0, 0.05) is 26.2 Å². The molecule has 0 bridgehead atoms. The van der Waals surface area contributed by atoms with Gasteiger partial charge in [-0.3, -0.25) is 4.79 Å². The Morgan fingerprint density at radius 1 is 1.24 bits per heavy atom. The summed E-state index contributed by atoms with van der Waals surface area (Å²) in [7, 11) is 1.66. The fourth-order valence-electron chi connectivity index (χ4n) is 2.01. The molecule has 0 radical (unpaired) electrons. The minimum Gasteiger partial charge on any atom is -0.495 e. The molecule has 1 aromatic carbocycles. The van der Waals surface area contributed by atoms with Gasteiger partial charge in [-0.1, -0.05) is 12.1 Å². The van der Waals surface area contributed by atoms with Crippen LogP contribution in [0.4, 0.5) is 10.5 Å². The van der Waals surface area contributed by atoms with Gasteiger partial charge in [0.2, 0.25) is 0 Å². The summed E-state index contributed by atoms with van der Waals surface area (Å²) < 4.78 is 5.32. The van der Waals surface area contributed by atoms with Gasteiger partial charge in [0.15, 0.2) is 0 Å². The number of halogens is 1. The van der Waals surface area contributed by atoms with Gasteiger partial charge in [-0.15, -0.1) is 0 Å². The Kier molecular flexibility index (Phi) is 3.74. The van der Waals surface area contributed by atoms with Crippen LogP contribution < -0.4 is 9.64 Å². The van der Waals surface area contributed by atoms with Crippen molar-refractivity contribution < 1.29 is 9.53 Å². The van der Waals surface area contributed by atoms with Crippen molar-refractivity contribution in [1.82, 2.24) is 4.90 Å². The molecular formula is C12H15ClN2O2. The van der Waals surface area contributed by atoms with Crippen molar-refractivity contribution >= 4 is 22.7 Å². The van der Waals surface area contributed by atoms with E-state index >= 15 is 0 Å². The first-order chi connectivity index (χ1) is 8.22. The van der Waals surface area contributed by atoms with Gasteiger partial charge in [0.05, 0.1) is 12.8 Å². The molecule has 1 amide bonds. The molecule has 0 aromatic heterocycles. The van der Waals surface area contributed by atoms with Gasteiger partial charge in [-0.25, -0.2) is 0 Å². The van der Waals surface area contributed by atoms with Crippen LogP contribution in [0.15, 0.2) is 24.3 Å². The maximum absolute atomic E-state index is 11.0. The molecular weight excluding hydrogens is 240 g/mol. The number of rotatable bonds is 2. The van der Waals surface area contributed by atoms with Gasteiger partial charge in [0.1, 0.15) is 5.75 Å². The number of anilines is 1. The third kappa shape index (κ3) is 2.64. The lowest BCUT2D eigenvalue weighted by Crippen LogP contribution is -2.47. The number of benzene rings is 1. The molecule has 0 atom stereocenters. The molecule has 0 saturated carbocycles. The van der Waals surface area contributed by atoms with Crippen molar-refractivity contribution in [3.8, 4) is 5.75 Å². The third-order valence-electron chi connectivity index (χ3n) is 2.95. The maximum Gasteiger partial charge on any atom is 0.316 e. The van der Waals surface area contributed by atoms with E-state index in [1.54, 1.807) is 12.0 Å². The number of nitrogens with zero attached hydrogens (tertiary/aromatic N) is 2. The van der Waals surface area contributed by atoms with Crippen LogP contribution in [0.25, 0.3) is 0 Å². The lowest BCUT2D eigenvalue weighted by molar-refractivity contribution is 0.218. The molecule has 1 aliphatic rings. The van der Waals surface area contributed by atoms with E-state index in [1.807, 2.05) is 24.3 Å². The van der Waals surface area contributed by atoms with Crippen LogP contribution in [0.2, 0.25) is 0 Å². The zero-order valence-corrected chi connectivity index (χ0v) is 10.5. The van der Waals surface area contributed by atoms with Crippen LogP contribution in [-0.4, -0.2) is 43.6 Å². The average molecular weight is 255 g/mol. The number of carbonyl (C=O) groups is 1. The highest BCUT2D eigenvalue weighted by molar-refractivity contribution is 6.62. The van der Waals surface area contributed by atoms with Crippen molar-refractivity contribution in [3.63, 3.8) is 0 Å². The fraction of sp³-hybridized carbons (Fsp3) is 0.417. The van der Waals surface area contributed by atoms with Crippen LogP contribution >= 0.6 is 11.6 Å². The highest BCUT2D eigenvalue weighted by atomic mass is 35.5. The SMILES string of the molecule is COc1ccccc1N1CCN(C(=O)Cl)CC1. The van der Waals surface area contributed by atoms with Gasteiger partial charge in [-0.2, -0.15) is 0 Å². The molecule has 1 heterocycles. The van der Waals surface area contributed by atoms with E-state index in [4.69, 9.17) is 16.3 Å². The average Bonchev–Trinajstić information content (AvgIpc) is 2.39. The Balaban J connectivity index is 2.07. The molecule has 0 unspecified atom stereocenters. The Hall–Kier alpha value is -1.42. The molecule has 1 aliphatic heterocycles. The van der Waals surface area contributed by atoms with E-state index in [9.17, 15) is 4.79 Å². The number of piperazine rings is 1. The summed E-state index contributed by atoms with van der Waals surface area (Å²) in [5.74, 6) is 0.859. The summed E-state index contributed by atoms with van der Waals surface area (Å²) >= 11 is 5.45.